The van der Waals surface area contributed by atoms with Gasteiger partial charge >= 0.3 is 5.91 Å². The molecule has 2 atom stereocenters. The van der Waals surface area contributed by atoms with E-state index in [4.69, 9.17) is 19.2 Å². The molecule has 6 rings (SSSR count). The molecule has 0 spiro atoms. The van der Waals surface area contributed by atoms with Crippen LogP contribution in [0, 0.1) is 5.92 Å². The number of rotatable bonds is 9. The standard InChI is InChI=1S/C34H34N2O6S/c1-5-40-25-10-11-26-28(18-25)43-34(35-26)36-30(21-7-6-8-24(17-21)41-14-13-19(2)3)29(32(38)33(36)39)31(37)22-9-12-27-23(16-22)15-20(4)42-27/h6-12,16-20,30,37H,5,13-15H2,1-4H3/b31-29+/t20-,30-/m0/s1. The van der Waals surface area contributed by atoms with Crippen molar-refractivity contribution in [3.63, 3.8) is 0 Å². The molecule has 1 N–H and O–H groups in total. The van der Waals surface area contributed by atoms with Crippen molar-refractivity contribution in [2.45, 2.75) is 52.7 Å². The molecule has 9 heteroatoms. The first-order valence-electron chi connectivity index (χ1n) is 14.6. The number of nitrogens with zero attached hydrogens (tertiary/aromatic N) is 2. The number of Topliss-reactive ketones (excluding diaryl/α,β-unsaturated/α-hetero) is 1. The minimum absolute atomic E-state index is 0.00510. The van der Waals surface area contributed by atoms with Gasteiger partial charge in [0.05, 0.1) is 35.0 Å². The molecule has 0 radical (unpaired) electrons. The van der Waals surface area contributed by atoms with Crippen LogP contribution in [0.3, 0.4) is 0 Å². The highest BCUT2D eigenvalue weighted by Gasteiger charge is 2.48. The smallest absolute Gasteiger partial charge is 0.301 e. The third-order valence-electron chi connectivity index (χ3n) is 7.62. The van der Waals surface area contributed by atoms with Gasteiger partial charge in [0.15, 0.2) is 5.13 Å². The summed E-state index contributed by atoms with van der Waals surface area (Å²) in [5.41, 5.74) is 2.72. The summed E-state index contributed by atoms with van der Waals surface area (Å²) >= 11 is 1.30. The number of aliphatic hydroxyl groups excluding tert-OH is 1. The van der Waals surface area contributed by atoms with Crippen LogP contribution in [0.15, 0.2) is 66.2 Å². The number of hydrogen-bond acceptors (Lipinski definition) is 8. The van der Waals surface area contributed by atoms with Gasteiger partial charge < -0.3 is 19.3 Å². The third kappa shape index (κ3) is 5.57. The van der Waals surface area contributed by atoms with E-state index in [0.717, 1.165) is 22.4 Å². The molecule has 8 nitrogen and oxygen atoms in total. The number of carbonyl (C=O) groups excluding carboxylic acids is 2. The Labute approximate surface area is 254 Å². The maximum atomic E-state index is 13.8. The summed E-state index contributed by atoms with van der Waals surface area (Å²) in [7, 11) is 0. The van der Waals surface area contributed by atoms with Crippen LogP contribution in [0.2, 0.25) is 0 Å². The Morgan fingerprint density at radius 3 is 2.70 bits per heavy atom. The van der Waals surface area contributed by atoms with Gasteiger partial charge in [-0.15, -0.1) is 0 Å². The molecule has 3 aromatic carbocycles. The van der Waals surface area contributed by atoms with Gasteiger partial charge in [0.25, 0.3) is 5.78 Å². The minimum Gasteiger partial charge on any atom is -0.507 e. The summed E-state index contributed by atoms with van der Waals surface area (Å²) < 4.78 is 18.3. The third-order valence-corrected chi connectivity index (χ3v) is 8.63. The lowest BCUT2D eigenvalue weighted by Crippen LogP contribution is -2.29. The summed E-state index contributed by atoms with van der Waals surface area (Å²) in [5.74, 6) is 0.807. The van der Waals surface area contributed by atoms with Crippen LogP contribution < -0.4 is 19.1 Å². The zero-order valence-electron chi connectivity index (χ0n) is 24.6. The molecular weight excluding hydrogens is 564 g/mol. The van der Waals surface area contributed by atoms with Gasteiger partial charge in [-0.25, -0.2) is 4.98 Å². The second-order valence-corrected chi connectivity index (χ2v) is 12.3. The van der Waals surface area contributed by atoms with Crippen LogP contribution in [0.4, 0.5) is 5.13 Å². The topological polar surface area (TPSA) is 98.2 Å². The quantitative estimate of drug-likeness (QED) is 0.125. The van der Waals surface area contributed by atoms with Crippen molar-refractivity contribution in [2.24, 2.45) is 5.92 Å². The maximum absolute atomic E-state index is 13.8. The minimum atomic E-state index is -0.913. The number of anilines is 1. The number of aromatic nitrogens is 1. The second kappa shape index (κ2) is 11.7. The first-order valence-corrected chi connectivity index (χ1v) is 15.4. The van der Waals surface area contributed by atoms with Crippen molar-refractivity contribution in [1.29, 1.82) is 0 Å². The molecule has 1 saturated heterocycles. The molecule has 1 amide bonds. The van der Waals surface area contributed by atoms with Gasteiger partial charge in [-0.2, -0.15) is 0 Å². The van der Waals surface area contributed by atoms with Crippen molar-refractivity contribution < 1.29 is 28.9 Å². The fourth-order valence-corrected chi connectivity index (χ4v) is 6.53. The molecule has 0 saturated carbocycles. The summed E-state index contributed by atoms with van der Waals surface area (Å²) in [6.07, 6.45) is 1.61. The van der Waals surface area contributed by atoms with E-state index in [-0.39, 0.29) is 17.4 Å². The molecule has 43 heavy (non-hydrogen) atoms. The molecule has 0 bridgehead atoms. The van der Waals surface area contributed by atoms with E-state index < -0.39 is 17.7 Å². The van der Waals surface area contributed by atoms with Crippen molar-refractivity contribution >= 4 is 44.1 Å². The molecular formula is C34H34N2O6S. The van der Waals surface area contributed by atoms with E-state index in [1.54, 1.807) is 12.1 Å². The van der Waals surface area contributed by atoms with Crippen molar-refractivity contribution in [3.8, 4) is 17.2 Å². The predicted octanol–water partition coefficient (Wildman–Crippen LogP) is 7.07. The van der Waals surface area contributed by atoms with Crippen molar-refractivity contribution in [3.05, 3.63) is 82.9 Å². The lowest BCUT2D eigenvalue weighted by Gasteiger charge is -2.23. The van der Waals surface area contributed by atoms with Crippen LogP contribution in [-0.4, -0.2) is 41.1 Å². The van der Waals surface area contributed by atoms with E-state index in [1.807, 2.05) is 62.4 Å². The van der Waals surface area contributed by atoms with Gasteiger partial charge in [0.1, 0.15) is 29.1 Å². The molecule has 0 unspecified atom stereocenters. The Morgan fingerprint density at radius 2 is 1.91 bits per heavy atom. The number of aliphatic hydroxyl groups is 1. The van der Waals surface area contributed by atoms with E-state index >= 15 is 0 Å². The fourth-order valence-electron chi connectivity index (χ4n) is 5.51. The number of amides is 1. The second-order valence-electron chi connectivity index (χ2n) is 11.3. The van der Waals surface area contributed by atoms with Crippen LogP contribution in [0.1, 0.15) is 56.8 Å². The maximum Gasteiger partial charge on any atom is 0.301 e. The number of benzene rings is 3. The van der Waals surface area contributed by atoms with Gasteiger partial charge in [-0.3, -0.25) is 14.5 Å². The number of fused-ring (bicyclic) bond motifs is 2. The van der Waals surface area contributed by atoms with Crippen LogP contribution >= 0.6 is 11.3 Å². The largest absolute Gasteiger partial charge is 0.507 e. The highest BCUT2D eigenvalue weighted by atomic mass is 32.1. The first-order chi connectivity index (χ1) is 20.7. The molecule has 1 aromatic heterocycles. The lowest BCUT2D eigenvalue weighted by molar-refractivity contribution is -0.132. The molecule has 4 aromatic rings. The average Bonchev–Trinajstić information content (AvgIpc) is 3.64. The first kappa shape index (κ1) is 28.7. The summed E-state index contributed by atoms with van der Waals surface area (Å²) in [6.45, 7) is 9.22. The Balaban J connectivity index is 1.47. The van der Waals surface area contributed by atoms with E-state index in [9.17, 15) is 14.7 Å². The molecule has 222 valence electrons. The highest BCUT2D eigenvalue weighted by Crippen LogP contribution is 2.45. The number of hydrogen-bond donors (Lipinski definition) is 1. The normalized spacial score (nSPS) is 19.2. The monoisotopic (exact) mass is 598 g/mol. The van der Waals surface area contributed by atoms with Crippen LogP contribution in [0.25, 0.3) is 16.0 Å². The van der Waals surface area contributed by atoms with Gasteiger partial charge in [-0.1, -0.05) is 37.3 Å². The molecule has 1 fully saturated rings. The number of thiazole rings is 1. The zero-order valence-corrected chi connectivity index (χ0v) is 25.4. The number of ketones is 1. The Bertz CT molecular complexity index is 1740. The van der Waals surface area contributed by atoms with Gasteiger partial charge in [0.2, 0.25) is 0 Å². The lowest BCUT2D eigenvalue weighted by atomic mass is 9.94. The van der Waals surface area contributed by atoms with E-state index in [2.05, 4.69) is 13.8 Å². The summed E-state index contributed by atoms with van der Waals surface area (Å²) in [4.78, 5) is 33.6. The fraction of sp³-hybridized carbons (Fsp3) is 0.324. The molecule has 0 aliphatic carbocycles. The SMILES string of the molecule is CCOc1ccc2nc(N3C(=O)C(=O)/C(=C(/O)c4ccc5c(c4)C[C@H](C)O5)[C@@H]3c3cccc(OCCC(C)C)c3)sc2c1. The number of ether oxygens (including phenoxy) is 3. The molecule has 2 aliphatic rings. The summed E-state index contributed by atoms with van der Waals surface area (Å²) in [5, 5.41) is 12.0. The number of carbonyl (C=O) groups is 2. The van der Waals surface area contributed by atoms with E-state index in [0.29, 0.717) is 58.8 Å². The van der Waals surface area contributed by atoms with E-state index in [1.165, 1.54) is 16.2 Å². The van der Waals surface area contributed by atoms with Gasteiger partial charge in [-0.05, 0) is 85.8 Å². The Morgan fingerprint density at radius 1 is 1.09 bits per heavy atom. The highest BCUT2D eigenvalue weighted by molar-refractivity contribution is 7.22. The zero-order chi connectivity index (χ0) is 30.2. The summed E-state index contributed by atoms with van der Waals surface area (Å²) in [6, 6.07) is 17.3. The average molecular weight is 599 g/mol. The Hall–Kier alpha value is -4.37. The molecule has 3 heterocycles. The van der Waals surface area contributed by atoms with Crippen molar-refractivity contribution in [1.82, 2.24) is 4.98 Å². The van der Waals surface area contributed by atoms with Crippen LogP contribution in [0.5, 0.6) is 17.2 Å². The van der Waals surface area contributed by atoms with Crippen LogP contribution in [-0.2, 0) is 16.0 Å². The predicted molar refractivity (Wildman–Crippen MR) is 167 cm³/mol. The molecule has 2 aliphatic heterocycles. The van der Waals surface area contributed by atoms with Crippen molar-refractivity contribution in [2.75, 3.05) is 18.1 Å². The van der Waals surface area contributed by atoms with Gasteiger partial charge in [0, 0.05) is 12.0 Å². The Kier molecular flexibility index (Phi) is 7.83.